The van der Waals surface area contributed by atoms with Gasteiger partial charge in [-0.1, -0.05) is 32.0 Å². The Kier molecular flexibility index (Phi) is 4.98. The van der Waals surface area contributed by atoms with Crippen LogP contribution in [-0.2, 0) is 4.79 Å². The summed E-state index contributed by atoms with van der Waals surface area (Å²) in [4.78, 5) is 20.4. The van der Waals surface area contributed by atoms with Crippen molar-refractivity contribution >= 4 is 17.3 Å². The number of ketones is 1. The summed E-state index contributed by atoms with van der Waals surface area (Å²) in [6.45, 7) is 4.18. The maximum atomic E-state index is 13.7. The third kappa shape index (κ3) is 3.18. The SMILES string of the molecule is COc1ccc([C@@H]2C(C#N)=C3N=C(N)c4ccccc4N3C3=C2C(=O)CC(C)(C)C3)c(OC)c1. The van der Waals surface area contributed by atoms with Crippen LogP contribution < -0.4 is 20.1 Å². The second kappa shape index (κ2) is 7.77. The van der Waals surface area contributed by atoms with Gasteiger partial charge < -0.3 is 15.2 Å². The van der Waals surface area contributed by atoms with Crippen LogP contribution in [0.1, 0.15) is 43.7 Å². The lowest BCUT2D eigenvalue weighted by Gasteiger charge is -2.45. The zero-order chi connectivity index (χ0) is 24.2. The van der Waals surface area contributed by atoms with E-state index in [1.165, 1.54) is 0 Å². The van der Waals surface area contributed by atoms with Crippen LogP contribution in [0.3, 0.4) is 0 Å². The summed E-state index contributed by atoms with van der Waals surface area (Å²) < 4.78 is 11.0. The summed E-state index contributed by atoms with van der Waals surface area (Å²) in [5.74, 6) is 1.40. The van der Waals surface area contributed by atoms with E-state index in [4.69, 9.17) is 20.2 Å². The summed E-state index contributed by atoms with van der Waals surface area (Å²) >= 11 is 0. The Balaban J connectivity index is 1.85. The van der Waals surface area contributed by atoms with Crippen LogP contribution >= 0.6 is 0 Å². The molecule has 7 nitrogen and oxygen atoms in total. The Morgan fingerprint density at radius 3 is 2.62 bits per heavy atom. The van der Waals surface area contributed by atoms with Gasteiger partial charge in [0.15, 0.2) is 11.6 Å². The number of allylic oxidation sites excluding steroid dienone is 3. The van der Waals surface area contributed by atoms with Gasteiger partial charge in [-0.2, -0.15) is 5.26 Å². The maximum Gasteiger partial charge on any atom is 0.162 e. The number of Topliss-reactive ketones (excluding diaryl/α,β-unsaturated/α-hetero) is 1. The number of para-hydroxylation sites is 1. The van der Waals surface area contributed by atoms with Gasteiger partial charge >= 0.3 is 0 Å². The molecule has 0 radical (unpaired) electrons. The molecular formula is C27H26N4O3. The summed E-state index contributed by atoms with van der Waals surface area (Å²) in [5.41, 5.74) is 10.3. The first kappa shape index (κ1) is 21.8. The van der Waals surface area contributed by atoms with E-state index < -0.39 is 5.92 Å². The number of fused-ring (bicyclic) bond motifs is 4. The van der Waals surface area contributed by atoms with Crippen molar-refractivity contribution in [1.29, 1.82) is 5.26 Å². The average Bonchev–Trinajstić information content (AvgIpc) is 2.82. The maximum absolute atomic E-state index is 13.7. The van der Waals surface area contributed by atoms with Crippen LogP contribution in [0, 0.1) is 16.7 Å². The van der Waals surface area contributed by atoms with Gasteiger partial charge in [0.2, 0.25) is 0 Å². The average molecular weight is 455 g/mol. The first-order chi connectivity index (χ1) is 16.3. The van der Waals surface area contributed by atoms with Crippen LogP contribution in [0.25, 0.3) is 0 Å². The Hall–Kier alpha value is -4.05. The van der Waals surface area contributed by atoms with E-state index in [2.05, 4.69) is 19.9 Å². The lowest BCUT2D eigenvalue weighted by Crippen LogP contribution is -2.42. The number of nitrogens with two attached hydrogens (primary N) is 1. The molecule has 2 N–H and O–H groups in total. The minimum absolute atomic E-state index is 0.0286. The van der Waals surface area contributed by atoms with Crippen molar-refractivity contribution in [2.24, 2.45) is 16.1 Å². The van der Waals surface area contributed by atoms with Crippen molar-refractivity contribution < 1.29 is 14.3 Å². The fourth-order valence-corrected chi connectivity index (χ4v) is 5.26. The Labute approximate surface area is 198 Å². The predicted molar refractivity (Wildman–Crippen MR) is 130 cm³/mol. The lowest BCUT2D eigenvalue weighted by atomic mass is 9.68. The third-order valence-corrected chi connectivity index (χ3v) is 6.72. The number of nitrogens with zero attached hydrogens (tertiary/aromatic N) is 3. The molecule has 34 heavy (non-hydrogen) atoms. The number of carbonyl (C=O) groups is 1. The first-order valence-corrected chi connectivity index (χ1v) is 11.2. The fraction of sp³-hybridized carbons (Fsp3) is 0.296. The van der Waals surface area contributed by atoms with E-state index in [1.807, 2.05) is 41.3 Å². The minimum Gasteiger partial charge on any atom is -0.497 e. The van der Waals surface area contributed by atoms with Gasteiger partial charge in [0.25, 0.3) is 0 Å². The number of aliphatic imine (C=N–C) groups is 1. The van der Waals surface area contributed by atoms with Gasteiger partial charge in [0.1, 0.15) is 17.3 Å². The van der Waals surface area contributed by atoms with Gasteiger partial charge in [-0.25, -0.2) is 4.99 Å². The number of carbonyl (C=O) groups excluding carboxylic acids is 1. The Morgan fingerprint density at radius 1 is 1.15 bits per heavy atom. The molecule has 0 saturated carbocycles. The Bertz CT molecular complexity index is 1360. The molecule has 2 heterocycles. The molecule has 172 valence electrons. The molecule has 0 amide bonds. The molecule has 2 aromatic carbocycles. The fourth-order valence-electron chi connectivity index (χ4n) is 5.26. The van der Waals surface area contributed by atoms with Gasteiger partial charge in [0, 0.05) is 34.9 Å². The molecule has 0 saturated heterocycles. The molecule has 0 spiro atoms. The molecule has 5 rings (SSSR count). The van der Waals surface area contributed by atoms with Crippen molar-refractivity contribution in [2.75, 3.05) is 19.1 Å². The molecule has 2 aliphatic heterocycles. The van der Waals surface area contributed by atoms with E-state index in [1.54, 1.807) is 20.3 Å². The van der Waals surface area contributed by atoms with Crippen LogP contribution in [0.15, 0.2) is 70.1 Å². The van der Waals surface area contributed by atoms with Crippen LogP contribution in [0.2, 0.25) is 0 Å². The molecular weight excluding hydrogens is 428 g/mol. The molecule has 3 aliphatic rings. The molecule has 1 aliphatic carbocycles. The zero-order valence-electron chi connectivity index (χ0n) is 19.7. The topological polar surface area (TPSA) is 101 Å². The van der Waals surface area contributed by atoms with Crippen LogP contribution in [0.5, 0.6) is 11.5 Å². The highest BCUT2D eigenvalue weighted by Crippen LogP contribution is 2.53. The zero-order valence-corrected chi connectivity index (χ0v) is 19.7. The number of methoxy groups -OCH3 is 2. The summed E-state index contributed by atoms with van der Waals surface area (Å²) in [6.07, 6.45) is 1.06. The van der Waals surface area contributed by atoms with Gasteiger partial charge in [-0.3, -0.25) is 9.69 Å². The lowest BCUT2D eigenvalue weighted by molar-refractivity contribution is -0.118. The van der Waals surface area contributed by atoms with E-state index in [-0.39, 0.29) is 11.2 Å². The van der Waals surface area contributed by atoms with Crippen LogP contribution in [-0.4, -0.2) is 25.8 Å². The number of nitriles is 1. The molecule has 7 heteroatoms. The molecule has 0 fully saturated rings. The standard InChI is InChI=1S/C27H26N4O3/c1-27(2)12-20-24(21(32)13-27)23(17-10-9-15(33-3)11-22(17)34-4)18(14-28)26-30-25(29)16-7-5-6-8-19(16)31(20)26/h5-11,23H,12-13H2,1-4H3,(H2,29,30)/t23-/m1/s1. The van der Waals surface area contributed by atoms with Crippen molar-refractivity contribution in [3.63, 3.8) is 0 Å². The smallest absolute Gasteiger partial charge is 0.162 e. The normalized spacial score (nSPS) is 20.7. The largest absolute Gasteiger partial charge is 0.497 e. The number of hydrogen-bond acceptors (Lipinski definition) is 7. The van der Waals surface area contributed by atoms with Gasteiger partial charge in [-0.15, -0.1) is 0 Å². The number of hydrogen-bond donors (Lipinski definition) is 1. The molecule has 0 unspecified atom stereocenters. The number of amidine groups is 1. The second-order valence-corrected chi connectivity index (χ2v) is 9.54. The third-order valence-electron chi connectivity index (χ3n) is 6.72. The molecule has 2 aromatic rings. The molecule has 0 aromatic heterocycles. The van der Waals surface area contributed by atoms with Crippen molar-refractivity contribution in [3.8, 4) is 17.6 Å². The quantitative estimate of drug-likeness (QED) is 0.737. The van der Waals surface area contributed by atoms with Crippen LogP contribution in [0.4, 0.5) is 5.69 Å². The molecule has 0 bridgehead atoms. The van der Waals surface area contributed by atoms with Gasteiger partial charge in [-0.05, 0) is 30.0 Å². The summed E-state index contributed by atoms with van der Waals surface area (Å²) in [6, 6.07) is 15.5. The Morgan fingerprint density at radius 2 is 1.91 bits per heavy atom. The van der Waals surface area contributed by atoms with Crippen molar-refractivity contribution in [3.05, 3.63) is 76.3 Å². The van der Waals surface area contributed by atoms with Crippen molar-refractivity contribution in [1.82, 2.24) is 0 Å². The summed E-state index contributed by atoms with van der Waals surface area (Å²) in [5, 5.41) is 10.4. The number of rotatable bonds is 3. The van der Waals surface area contributed by atoms with Gasteiger partial charge in [0.05, 0.1) is 37.5 Å². The monoisotopic (exact) mass is 454 g/mol. The molecule has 1 atom stereocenters. The van der Waals surface area contributed by atoms with E-state index in [9.17, 15) is 10.1 Å². The highest BCUT2D eigenvalue weighted by atomic mass is 16.5. The second-order valence-electron chi connectivity index (χ2n) is 9.54. The summed E-state index contributed by atoms with van der Waals surface area (Å²) in [7, 11) is 3.15. The highest BCUT2D eigenvalue weighted by molar-refractivity contribution is 6.08. The highest BCUT2D eigenvalue weighted by Gasteiger charge is 2.47. The van der Waals surface area contributed by atoms with E-state index in [0.717, 1.165) is 22.5 Å². The number of ether oxygens (including phenoxy) is 2. The number of anilines is 1. The number of benzene rings is 2. The van der Waals surface area contributed by atoms with E-state index >= 15 is 0 Å². The minimum atomic E-state index is -0.613. The first-order valence-electron chi connectivity index (χ1n) is 11.2. The predicted octanol–water partition coefficient (Wildman–Crippen LogP) is 4.40. The van der Waals surface area contributed by atoms with E-state index in [0.29, 0.717) is 47.1 Å². The van der Waals surface area contributed by atoms with Crippen molar-refractivity contribution in [2.45, 2.75) is 32.6 Å².